The van der Waals surface area contributed by atoms with E-state index in [0.717, 1.165) is 18.6 Å². The number of hydrogen-bond donors (Lipinski definition) is 2. The Bertz CT molecular complexity index is 612. The van der Waals surface area contributed by atoms with Crippen molar-refractivity contribution in [3.05, 3.63) is 39.9 Å². The fourth-order valence-corrected chi connectivity index (χ4v) is 1.61. The first-order chi connectivity index (χ1) is 11.3. The van der Waals surface area contributed by atoms with Gasteiger partial charge in [-0.25, -0.2) is 9.59 Å². The Morgan fingerprint density at radius 2 is 1.83 bits per heavy atom. The number of non-ortho nitro benzene ring substituents is 1. The number of imide groups is 1. The van der Waals surface area contributed by atoms with Gasteiger partial charge in [0.1, 0.15) is 0 Å². The molecule has 0 aliphatic rings. The van der Waals surface area contributed by atoms with Crippen LogP contribution in [-0.2, 0) is 9.53 Å². The number of nitro benzene ring substituents is 1. The standard InChI is InChI=1S/C15H19N3O6/c1-10(2)7-8-16-15(21)17-13(19)9-24-14(20)11-3-5-12(6-4-11)18(22)23/h3-6,10H,7-9H2,1-2H3,(H2,16,17,19,21). The second kappa shape index (κ2) is 9.23. The average molecular weight is 337 g/mol. The highest BCUT2D eigenvalue weighted by atomic mass is 16.6. The van der Waals surface area contributed by atoms with Crippen molar-refractivity contribution in [3.63, 3.8) is 0 Å². The number of carbonyl (C=O) groups excluding carboxylic acids is 3. The number of nitro groups is 1. The molecule has 130 valence electrons. The van der Waals surface area contributed by atoms with Crippen LogP contribution in [0.3, 0.4) is 0 Å². The molecule has 9 nitrogen and oxygen atoms in total. The van der Waals surface area contributed by atoms with Crippen molar-refractivity contribution in [2.45, 2.75) is 20.3 Å². The van der Waals surface area contributed by atoms with Crippen molar-refractivity contribution >= 4 is 23.6 Å². The SMILES string of the molecule is CC(C)CCNC(=O)NC(=O)COC(=O)c1ccc([N+](=O)[O-])cc1. The maximum atomic E-state index is 11.7. The first-order valence-corrected chi connectivity index (χ1v) is 7.29. The molecular formula is C15H19N3O6. The van der Waals surface area contributed by atoms with E-state index >= 15 is 0 Å². The Balaban J connectivity index is 2.36. The van der Waals surface area contributed by atoms with Gasteiger partial charge < -0.3 is 10.1 Å². The number of urea groups is 1. The third kappa shape index (κ3) is 6.86. The number of benzene rings is 1. The van der Waals surface area contributed by atoms with Gasteiger partial charge in [-0.3, -0.25) is 20.2 Å². The van der Waals surface area contributed by atoms with Gasteiger partial charge in [-0.2, -0.15) is 0 Å². The maximum absolute atomic E-state index is 11.7. The van der Waals surface area contributed by atoms with Gasteiger partial charge in [0, 0.05) is 18.7 Å². The summed E-state index contributed by atoms with van der Waals surface area (Å²) in [5.41, 5.74) is -0.0999. The molecule has 0 saturated carbocycles. The molecule has 0 aliphatic carbocycles. The van der Waals surface area contributed by atoms with E-state index in [9.17, 15) is 24.5 Å². The quantitative estimate of drug-likeness (QED) is 0.442. The van der Waals surface area contributed by atoms with Crippen LogP contribution in [0.1, 0.15) is 30.6 Å². The van der Waals surface area contributed by atoms with Crippen LogP contribution >= 0.6 is 0 Å². The molecule has 2 N–H and O–H groups in total. The van der Waals surface area contributed by atoms with Gasteiger partial charge >= 0.3 is 12.0 Å². The predicted octanol–water partition coefficient (Wildman–Crippen LogP) is 1.62. The highest BCUT2D eigenvalue weighted by Crippen LogP contribution is 2.12. The second-order valence-electron chi connectivity index (χ2n) is 5.37. The first-order valence-electron chi connectivity index (χ1n) is 7.29. The summed E-state index contributed by atoms with van der Waals surface area (Å²) in [5, 5.41) is 15.0. The lowest BCUT2D eigenvalue weighted by Gasteiger charge is -2.08. The first kappa shape index (κ1) is 19.1. The maximum Gasteiger partial charge on any atom is 0.338 e. The summed E-state index contributed by atoms with van der Waals surface area (Å²) in [4.78, 5) is 44.5. The highest BCUT2D eigenvalue weighted by molar-refractivity contribution is 5.97. The number of carbonyl (C=O) groups is 3. The molecule has 0 aliphatic heterocycles. The molecule has 0 heterocycles. The van der Waals surface area contributed by atoms with Crippen LogP contribution in [0, 0.1) is 16.0 Å². The van der Waals surface area contributed by atoms with E-state index in [-0.39, 0.29) is 11.3 Å². The minimum Gasteiger partial charge on any atom is -0.452 e. The van der Waals surface area contributed by atoms with Gasteiger partial charge in [-0.15, -0.1) is 0 Å². The predicted molar refractivity (Wildman–Crippen MR) is 84.4 cm³/mol. The third-order valence-corrected chi connectivity index (χ3v) is 2.91. The Hall–Kier alpha value is -2.97. The summed E-state index contributed by atoms with van der Waals surface area (Å²) in [6, 6.07) is 4.08. The average Bonchev–Trinajstić information content (AvgIpc) is 2.52. The smallest absolute Gasteiger partial charge is 0.338 e. The number of esters is 1. The van der Waals surface area contributed by atoms with E-state index < -0.39 is 29.4 Å². The zero-order valence-electron chi connectivity index (χ0n) is 13.4. The molecule has 0 aromatic heterocycles. The van der Waals surface area contributed by atoms with Crippen molar-refractivity contribution < 1.29 is 24.0 Å². The van der Waals surface area contributed by atoms with Gasteiger partial charge in [0.25, 0.3) is 11.6 Å². The molecule has 9 heteroatoms. The lowest BCUT2D eigenvalue weighted by molar-refractivity contribution is -0.384. The van der Waals surface area contributed by atoms with E-state index in [1.165, 1.54) is 12.1 Å². The van der Waals surface area contributed by atoms with Gasteiger partial charge in [0.15, 0.2) is 6.61 Å². The molecule has 0 atom stereocenters. The second-order valence-corrected chi connectivity index (χ2v) is 5.37. The zero-order valence-corrected chi connectivity index (χ0v) is 13.4. The van der Waals surface area contributed by atoms with Crippen molar-refractivity contribution in [1.29, 1.82) is 0 Å². The molecule has 0 radical (unpaired) electrons. The van der Waals surface area contributed by atoms with Crippen LogP contribution in [0.25, 0.3) is 0 Å². The highest BCUT2D eigenvalue weighted by Gasteiger charge is 2.13. The van der Waals surface area contributed by atoms with Gasteiger partial charge in [0.05, 0.1) is 10.5 Å². The van der Waals surface area contributed by atoms with E-state index in [0.29, 0.717) is 12.5 Å². The monoisotopic (exact) mass is 337 g/mol. The topological polar surface area (TPSA) is 128 Å². The fraction of sp³-hybridized carbons (Fsp3) is 0.400. The number of hydrogen-bond acceptors (Lipinski definition) is 6. The number of nitrogens with one attached hydrogen (secondary N) is 2. The Labute approximate surface area is 138 Å². The Morgan fingerprint density at radius 1 is 1.21 bits per heavy atom. The molecular weight excluding hydrogens is 318 g/mol. The lowest BCUT2D eigenvalue weighted by atomic mass is 10.1. The van der Waals surface area contributed by atoms with Crippen molar-refractivity contribution in [3.8, 4) is 0 Å². The van der Waals surface area contributed by atoms with E-state index in [1.54, 1.807) is 0 Å². The normalized spacial score (nSPS) is 10.1. The molecule has 3 amide bonds. The summed E-state index contributed by atoms with van der Waals surface area (Å²) < 4.78 is 4.73. The fourth-order valence-electron chi connectivity index (χ4n) is 1.61. The number of nitrogens with zero attached hydrogens (tertiary/aromatic N) is 1. The summed E-state index contributed by atoms with van der Waals surface area (Å²) in [6.07, 6.45) is 0.775. The van der Waals surface area contributed by atoms with Crippen molar-refractivity contribution in [2.24, 2.45) is 5.92 Å². The molecule has 24 heavy (non-hydrogen) atoms. The summed E-state index contributed by atoms with van der Waals surface area (Å²) in [6.45, 7) is 3.80. The third-order valence-electron chi connectivity index (χ3n) is 2.91. The van der Waals surface area contributed by atoms with Crippen LogP contribution in [-0.4, -0.2) is 36.0 Å². The van der Waals surface area contributed by atoms with E-state index in [2.05, 4.69) is 5.32 Å². The Kier molecular flexibility index (Phi) is 7.34. The summed E-state index contributed by atoms with van der Waals surface area (Å²) in [7, 11) is 0. The summed E-state index contributed by atoms with van der Waals surface area (Å²) >= 11 is 0. The van der Waals surface area contributed by atoms with Crippen molar-refractivity contribution in [1.82, 2.24) is 10.6 Å². The minimum absolute atomic E-state index is 0.0646. The molecule has 0 bridgehead atoms. The van der Waals surface area contributed by atoms with Crippen LogP contribution < -0.4 is 10.6 Å². The molecule has 0 unspecified atom stereocenters. The zero-order chi connectivity index (χ0) is 18.1. The van der Waals surface area contributed by atoms with Gasteiger partial charge in [0.2, 0.25) is 0 Å². The minimum atomic E-state index is -0.819. The number of rotatable bonds is 7. The molecule has 0 spiro atoms. The molecule has 1 rings (SSSR count). The molecule has 1 aromatic rings. The molecule has 1 aromatic carbocycles. The number of ether oxygens (including phenoxy) is 1. The van der Waals surface area contributed by atoms with Crippen LogP contribution in [0.2, 0.25) is 0 Å². The van der Waals surface area contributed by atoms with Gasteiger partial charge in [-0.05, 0) is 24.5 Å². The summed E-state index contributed by atoms with van der Waals surface area (Å²) in [5.74, 6) is -1.17. The lowest BCUT2D eigenvalue weighted by Crippen LogP contribution is -2.41. The molecule has 0 fully saturated rings. The van der Waals surface area contributed by atoms with E-state index in [4.69, 9.17) is 4.74 Å². The van der Waals surface area contributed by atoms with Crippen molar-refractivity contribution in [2.75, 3.05) is 13.2 Å². The molecule has 0 saturated heterocycles. The van der Waals surface area contributed by atoms with Crippen LogP contribution in [0.5, 0.6) is 0 Å². The number of amides is 3. The largest absolute Gasteiger partial charge is 0.452 e. The van der Waals surface area contributed by atoms with Gasteiger partial charge in [-0.1, -0.05) is 13.8 Å². The van der Waals surface area contributed by atoms with E-state index in [1.807, 2.05) is 19.2 Å². The Morgan fingerprint density at radius 3 is 2.38 bits per heavy atom. The van der Waals surface area contributed by atoms with Crippen LogP contribution in [0.15, 0.2) is 24.3 Å². The van der Waals surface area contributed by atoms with Crippen LogP contribution in [0.4, 0.5) is 10.5 Å².